The van der Waals surface area contributed by atoms with Gasteiger partial charge >= 0.3 is 0 Å². The predicted octanol–water partition coefficient (Wildman–Crippen LogP) is 2.13. The Hall–Kier alpha value is -0.870. The van der Waals surface area contributed by atoms with Gasteiger partial charge in [0.05, 0.1) is 4.88 Å². The summed E-state index contributed by atoms with van der Waals surface area (Å²) in [4.78, 5) is 16.7. The number of likely N-dealkylation sites (tertiary alicyclic amines) is 1. The van der Waals surface area contributed by atoms with Crippen molar-refractivity contribution >= 4 is 17.2 Å². The summed E-state index contributed by atoms with van der Waals surface area (Å²) in [6.07, 6.45) is 3.54. The molecule has 4 heteroatoms. The summed E-state index contributed by atoms with van der Waals surface area (Å²) in [7, 11) is 0. The van der Waals surface area contributed by atoms with E-state index in [4.69, 9.17) is 0 Å². The quantitative estimate of drug-likeness (QED) is 0.887. The Morgan fingerprint density at radius 2 is 2.39 bits per heavy atom. The number of nitrogens with zero attached hydrogens (tertiary/aromatic N) is 1. The van der Waals surface area contributed by atoms with Gasteiger partial charge in [0.2, 0.25) is 0 Å². The van der Waals surface area contributed by atoms with Gasteiger partial charge in [-0.3, -0.25) is 4.79 Å². The van der Waals surface area contributed by atoms with Gasteiger partial charge in [0, 0.05) is 24.0 Å². The third kappa shape index (κ3) is 2.19. The molecule has 0 bridgehead atoms. The van der Waals surface area contributed by atoms with Crippen LogP contribution in [0.3, 0.4) is 0 Å². The first kappa shape index (κ1) is 12.2. The maximum absolute atomic E-state index is 12.4. The number of nitrogens with one attached hydrogen (secondary N) is 1. The molecule has 3 rings (SSSR count). The van der Waals surface area contributed by atoms with Crippen LogP contribution in [0.15, 0.2) is 12.1 Å². The maximum atomic E-state index is 12.4. The van der Waals surface area contributed by atoms with Crippen molar-refractivity contribution in [2.24, 2.45) is 5.92 Å². The summed E-state index contributed by atoms with van der Waals surface area (Å²) < 4.78 is 0. The molecule has 3 nitrogen and oxygen atoms in total. The lowest BCUT2D eigenvalue weighted by Crippen LogP contribution is -2.41. The lowest BCUT2D eigenvalue weighted by Gasteiger charge is -2.24. The highest BCUT2D eigenvalue weighted by Crippen LogP contribution is 2.27. The summed E-state index contributed by atoms with van der Waals surface area (Å²) in [5, 5.41) is 3.54. The molecule has 0 radical (unpaired) electrons. The van der Waals surface area contributed by atoms with Gasteiger partial charge in [-0.2, -0.15) is 0 Å². The molecular formula is C14H20N2OS. The Morgan fingerprint density at radius 3 is 3.11 bits per heavy atom. The zero-order chi connectivity index (χ0) is 12.5. The van der Waals surface area contributed by atoms with E-state index in [-0.39, 0.29) is 5.91 Å². The molecule has 2 aliphatic heterocycles. The summed E-state index contributed by atoms with van der Waals surface area (Å²) in [6, 6.07) is 4.61. The molecule has 0 saturated carbocycles. The fraction of sp³-hybridized carbons (Fsp3) is 0.643. The van der Waals surface area contributed by atoms with E-state index in [9.17, 15) is 4.79 Å². The molecule has 1 aromatic heterocycles. The number of piperidine rings is 1. The minimum absolute atomic E-state index is 0.232. The minimum atomic E-state index is 0.232. The molecular weight excluding hydrogens is 244 g/mol. The molecule has 2 saturated heterocycles. The SMILES string of the molecule is CCc1ccc(C(=O)N2C[C@@H]3CCCN[C@@H]3C2)s1. The summed E-state index contributed by atoms with van der Waals surface area (Å²) >= 11 is 1.65. The number of hydrogen-bond donors (Lipinski definition) is 1. The summed E-state index contributed by atoms with van der Waals surface area (Å²) in [5.74, 6) is 0.907. The molecule has 2 aliphatic rings. The topological polar surface area (TPSA) is 32.3 Å². The van der Waals surface area contributed by atoms with Gasteiger partial charge in [-0.25, -0.2) is 0 Å². The molecule has 1 N–H and O–H groups in total. The largest absolute Gasteiger partial charge is 0.336 e. The maximum Gasteiger partial charge on any atom is 0.263 e. The highest BCUT2D eigenvalue weighted by atomic mass is 32.1. The molecule has 2 fully saturated rings. The van der Waals surface area contributed by atoms with Crippen LogP contribution in [0.5, 0.6) is 0 Å². The molecule has 3 heterocycles. The Balaban J connectivity index is 1.70. The Kier molecular flexibility index (Phi) is 3.39. The van der Waals surface area contributed by atoms with Crippen molar-refractivity contribution in [3.63, 3.8) is 0 Å². The molecule has 0 spiro atoms. The summed E-state index contributed by atoms with van der Waals surface area (Å²) in [5.41, 5.74) is 0. The monoisotopic (exact) mass is 264 g/mol. The van der Waals surface area contributed by atoms with E-state index in [0.717, 1.165) is 30.9 Å². The van der Waals surface area contributed by atoms with E-state index in [1.165, 1.54) is 17.7 Å². The second kappa shape index (κ2) is 5.02. The number of carbonyl (C=O) groups is 1. The van der Waals surface area contributed by atoms with Crippen LogP contribution < -0.4 is 5.32 Å². The second-order valence-electron chi connectivity index (χ2n) is 5.29. The molecule has 18 heavy (non-hydrogen) atoms. The van der Waals surface area contributed by atoms with Crippen molar-refractivity contribution < 1.29 is 4.79 Å². The van der Waals surface area contributed by atoms with E-state index in [1.807, 2.05) is 11.0 Å². The molecule has 0 aromatic carbocycles. The smallest absolute Gasteiger partial charge is 0.263 e. The number of hydrogen-bond acceptors (Lipinski definition) is 3. The molecule has 1 aromatic rings. The van der Waals surface area contributed by atoms with Crippen LogP contribution in [0, 0.1) is 5.92 Å². The average molecular weight is 264 g/mol. The van der Waals surface area contributed by atoms with E-state index in [1.54, 1.807) is 11.3 Å². The predicted molar refractivity (Wildman–Crippen MR) is 74.1 cm³/mol. The van der Waals surface area contributed by atoms with Crippen LogP contribution in [0.1, 0.15) is 34.3 Å². The Labute approximate surface area is 112 Å². The van der Waals surface area contributed by atoms with E-state index in [2.05, 4.69) is 18.3 Å². The Bertz CT molecular complexity index is 429. The zero-order valence-corrected chi connectivity index (χ0v) is 11.6. The number of rotatable bonds is 2. The third-order valence-corrected chi connectivity index (χ3v) is 5.32. The van der Waals surface area contributed by atoms with Crippen molar-refractivity contribution in [2.75, 3.05) is 19.6 Å². The van der Waals surface area contributed by atoms with Crippen LogP contribution in [-0.2, 0) is 6.42 Å². The van der Waals surface area contributed by atoms with Crippen molar-refractivity contribution in [1.29, 1.82) is 0 Å². The number of fused-ring (bicyclic) bond motifs is 1. The van der Waals surface area contributed by atoms with Crippen molar-refractivity contribution in [1.82, 2.24) is 10.2 Å². The standard InChI is InChI=1S/C14H20N2OS/c1-2-11-5-6-13(18-11)14(17)16-8-10-4-3-7-15-12(10)9-16/h5-6,10,12,15H,2-4,7-9H2,1H3/t10-,12+/m0/s1. The fourth-order valence-electron chi connectivity index (χ4n) is 3.05. The first-order chi connectivity index (χ1) is 8.78. The van der Waals surface area contributed by atoms with Gasteiger partial charge < -0.3 is 10.2 Å². The van der Waals surface area contributed by atoms with E-state index < -0.39 is 0 Å². The normalized spacial score (nSPS) is 27.3. The highest BCUT2D eigenvalue weighted by molar-refractivity contribution is 7.14. The lowest BCUT2D eigenvalue weighted by molar-refractivity contribution is 0.0790. The fourth-order valence-corrected chi connectivity index (χ4v) is 3.97. The molecule has 0 unspecified atom stereocenters. The molecule has 1 amide bonds. The van der Waals surface area contributed by atoms with E-state index >= 15 is 0 Å². The third-order valence-electron chi connectivity index (χ3n) is 4.11. The van der Waals surface area contributed by atoms with Gasteiger partial charge in [-0.1, -0.05) is 6.92 Å². The average Bonchev–Trinajstić information content (AvgIpc) is 3.04. The van der Waals surface area contributed by atoms with Gasteiger partial charge in [-0.15, -0.1) is 11.3 Å². The Morgan fingerprint density at radius 1 is 1.50 bits per heavy atom. The van der Waals surface area contributed by atoms with Crippen LogP contribution in [0.2, 0.25) is 0 Å². The number of carbonyl (C=O) groups excluding carboxylic acids is 1. The van der Waals surface area contributed by atoms with Gasteiger partial charge in [-0.05, 0) is 43.9 Å². The van der Waals surface area contributed by atoms with Crippen LogP contribution >= 0.6 is 11.3 Å². The molecule has 98 valence electrons. The number of thiophene rings is 1. The number of aryl methyl sites for hydroxylation is 1. The van der Waals surface area contributed by atoms with Gasteiger partial charge in [0.15, 0.2) is 0 Å². The first-order valence-corrected chi connectivity index (χ1v) is 7.71. The van der Waals surface area contributed by atoms with Gasteiger partial charge in [0.1, 0.15) is 0 Å². The molecule has 0 aliphatic carbocycles. The second-order valence-corrected chi connectivity index (χ2v) is 6.46. The van der Waals surface area contributed by atoms with E-state index in [0.29, 0.717) is 12.0 Å². The van der Waals surface area contributed by atoms with Crippen LogP contribution in [0.25, 0.3) is 0 Å². The van der Waals surface area contributed by atoms with Crippen molar-refractivity contribution in [2.45, 2.75) is 32.2 Å². The minimum Gasteiger partial charge on any atom is -0.336 e. The molecule has 2 atom stereocenters. The van der Waals surface area contributed by atoms with Crippen LogP contribution in [-0.4, -0.2) is 36.5 Å². The lowest BCUT2D eigenvalue weighted by atomic mass is 9.94. The van der Waals surface area contributed by atoms with Crippen molar-refractivity contribution in [3.8, 4) is 0 Å². The highest BCUT2D eigenvalue weighted by Gasteiger charge is 2.36. The van der Waals surface area contributed by atoms with Gasteiger partial charge in [0.25, 0.3) is 5.91 Å². The first-order valence-electron chi connectivity index (χ1n) is 6.89. The van der Waals surface area contributed by atoms with Crippen LogP contribution in [0.4, 0.5) is 0 Å². The number of amides is 1. The zero-order valence-electron chi connectivity index (χ0n) is 10.8. The summed E-state index contributed by atoms with van der Waals surface area (Å²) in [6.45, 7) is 5.08. The van der Waals surface area contributed by atoms with Crippen molar-refractivity contribution in [3.05, 3.63) is 21.9 Å².